The molecule has 9 rings (SSSR count). The Morgan fingerprint density at radius 3 is 1.87 bits per heavy atom. The Labute approximate surface area is 530 Å². The number of aliphatic carboxylic acids is 1. The fourth-order valence-corrected chi connectivity index (χ4v) is 10.1. The maximum Gasteiger partial charge on any atom is 0.402 e. The Kier molecular flexibility index (Phi) is 22.4. The Balaban J connectivity index is 1.03. The Morgan fingerprint density at radius 1 is 0.585 bits per heavy atom. The number of rotatable bonds is 22. The van der Waals surface area contributed by atoms with E-state index in [4.69, 9.17) is 66.4 Å². The fraction of sp³-hybridized carbons (Fsp3) is 0.426. The van der Waals surface area contributed by atoms with Crippen molar-refractivity contribution in [1.82, 2.24) is 0 Å². The Bertz CT molecular complexity index is 3560. The number of aromatic hydroxyl groups is 4. The van der Waals surface area contributed by atoms with Gasteiger partial charge in [-0.25, -0.2) is 14.0 Å². The third-order valence-corrected chi connectivity index (χ3v) is 15.2. The number of hydrogen-bond acceptors (Lipinski definition) is 31. The number of hydrogen-bond donors (Lipinski definition) is 16. The van der Waals surface area contributed by atoms with E-state index < -0.39 is 208 Å². The molecule has 0 radical (unpaired) electrons. The number of aliphatic hydroxyl groups excluding tert-OH is 11. The topological polar surface area (TPSA) is 514 Å². The van der Waals surface area contributed by atoms with E-state index in [0.29, 0.717) is 16.7 Å². The van der Waals surface area contributed by atoms with Crippen molar-refractivity contribution >= 4 is 47.0 Å². The second-order valence-electron chi connectivity index (χ2n) is 21.9. The van der Waals surface area contributed by atoms with Crippen LogP contribution in [0.2, 0.25) is 0 Å². The second kappa shape index (κ2) is 30.2. The maximum absolute atomic E-state index is 13.5. The van der Waals surface area contributed by atoms with E-state index in [1.54, 1.807) is 6.92 Å². The zero-order chi connectivity index (χ0) is 68.0. The third-order valence-electron chi connectivity index (χ3n) is 15.2. The van der Waals surface area contributed by atoms with Crippen LogP contribution in [0, 0.1) is 6.92 Å². The van der Waals surface area contributed by atoms with Gasteiger partial charge in [0.25, 0.3) is 0 Å². The van der Waals surface area contributed by atoms with Crippen molar-refractivity contribution in [2.45, 2.75) is 130 Å². The number of phenols is 4. The van der Waals surface area contributed by atoms with Gasteiger partial charge in [-0.2, -0.15) is 0 Å². The van der Waals surface area contributed by atoms with Crippen LogP contribution < -0.4 is 18.9 Å². The van der Waals surface area contributed by atoms with E-state index in [1.165, 1.54) is 61.7 Å². The van der Waals surface area contributed by atoms with Gasteiger partial charge in [0.1, 0.15) is 122 Å². The molecular weight excluding hydrogens is 1260 g/mol. The molecule has 4 saturated heterocycles. The molecule has 508 valence electrons. The number of esters is 3. The van der Waals surface area contributed by atoms with Crippen molar-refractivity contribution in [3.05, 3.63) is 102 Å². The molecule has 4 fully saturated rings. The van der Waals surface area contributed by atoms with Gasteiger partial charge in [-0.1, -0.05) is 12.1 Å². The molecule has 0 spiro atoms. The van der Waals surface area contributed by atoms with Crippen LogP contribution in [0.3, 0.4) is 0 Å². The Morgan fingerprint density at radius 2 is 1.20 bits per heavy atom. The average molecular weight is 1330 g/mol. The molecule has 4 aromatic carbocycles. The first-order chi connectivity index (χ1) is 44.7. The highest BCUT2D eigenvalue weighted by molar-refractivity contribution is 5.91. The first kappa shape index (κ1) is 69.7. The molecule has 94 heavy (non-hydrogen) atoms. The SMILES string of the molecule is COc1cc(/C=C/C(=O)OC2C(OC3C(Oc4cc5c(OC6OC(COC(=O)CC(=O)O)C(O)C(O)C6O)cc(O)cc5[o+]c4-c4ccc(O)c(O)c4)OC(COC(=O)/C=C/c4ccc(OC5OC(CO)C(O)C(O)C5O)cc4)C(O)C3O)OCC(O)C2O)cc(C)c1O. The molecule has 33 nitrogen and oxygen atoms in total. The number of fused-ring (bicyclic) bond motifs is 1. The molecule has 5 aromatic rings. The quantitative estimate of drug-likeness (QED) is 0.00896. The van der Waals surface area contributed by atoms with E-state index in [9.17, 15) is 95.8 Å². The first-order valence-corrected chi connectivity index (χ1v) is 28.6. The number of carbonyl (C=O) groups excluding carboxylic acids is 3. The van der Waals surface area contributed by atoms with E-state index in [2.05, 4.69) is 0 Å². The van der Waals surface area contributed by atoms with Crippen LogP contribution in [0.4, 0.5) is 0 Å². The normalized spacial score (nSPS) is 30.4. The number of carbonyl (C=O) groups is 4. The van der Waals surface area contributed by atoms with Gasteiger partial charge >= 0.3 is 35.2 Å². The third kappa shape index (κ3) is 16.1. The number of ether oxygens (including phenoxy) is 12. The van der Waals surface area contributed by atoms with Crippen LogP contribution in [0.5, 0.6) is 46.0 Å². The number of phenolic OH excluding ortho intramolecular Hbond substituents is 4. The maximum atomic E-state index is 13.5. The van der Waals surface area contributed by atoms with Crippen LogP contribution in [0.25, 0.3) is 34.4 Å². The number of aliphatic hydroxyl groups is 11. The molecular formula is C61H67O33+. The molecule has 19 unspecified atom stereocenters. The minimum atomic E-state index is -2.21. The van der Waals surface area contributed by atoms with Gasteiger partial charge < -0.3 is 139 Å². The van der Waals surface area contributed by atoms with Crippen molar-refractivity contribution in [3.63, 3.8) is 0 Å². The van der Waals surface area contributed by atoms with Crippen molar-refractivity contribution < 1.29 is 162 Å². The number of carboxylic acid groups (broad SMARTS) is 1. The fourth-order valence-electron chi connectivity index (χ4n) is 10.1. The number of benzene rings is 4. The predicted molar refractivity (Wildman–Crippen MR) is 309 cm³/mol. The van der Waals surface area contributed by atoms with Gasteiger partial charge in [0.2, 0.25) is 24.6 Å². The van der Waals surface area contributed by atoms with Gasteiger partial charge in [-0.05, 0) is 72.2 Å². The molecule has 1 aromatic heterocycles. The summed E-state index contributed by atoms with van der Waals surface area (Å²) in [7, 11) is 1.31. The summed E-state index contributed by atoms with van der Waals surface area (Å²) in [6.07, 6.45) is -32.1. The Hall–Kier alpha value is -8.59. The average Bonchev–Trinajstić information content (AvgIpc) is 0.769. The lowest BCUT2D eigenvalue weighted by molar-refractivity contribution is -0.345. The van der Waals surface area contributed by atoms with Gasteiger partial charge in [0.15, 0.2) is 41.5 Å². The molecule has 19 atom stereocenters. The van der Waals surface area contributed by atoms with Crippen molar-refractivity contribution in [3.8, 4) is 57.3 Å². The molecule has 4 aliphatic heterocycles. The molecule has 0 saturated carbocycles. The van der Waals surface area contributed by atoms with Crippen LogP contribution in [0.15, 0.2) is 89.4 Å². The largest absolute Gasteiger partial charge is 0.507 e. The van der Waals surface area contributed by atoms with Gasteiger partial charge in [-0.3, -0.25) is 9.59 Å². The smallest absolute Gasteiger partial charge is 0.402 e. The van der Waals surface area contributed by atoms with Crippen molar-refractivity contribution in [1.29, 1.82) is 0 Å². The lowest BCUT2D eigenvalue weighted by atomic mass is 9.98. The van der Waals surface area contributed by atoms with Gasteiger partial charge in [0, 0.05) is 30.4 Å². The zero-order valence-electron chi connectivity index (χ0n) is 49.3. The number of carboxylic acids is 1. The van der Waals surface area contributed by atoms with E-state index in [-0.39, 0.29) is 33.8 Å². The highest BCUT2D eigenvalue weighted by Gasteiger charge is 2.53. The summed E-state index contributed by atoms with van der Waals surface area (Å²) in [6, 6.07) is 15.0. The zero-order valence-corrected chi connectivity index (χ0v) is 49.3. The lowest BCUT2D eigenvalue weighted by Crippen LogP contribution is -2.64. The summed E-state index contributed by atoms with van der Waals surface area (Å²) in [5.74, 6) is -8.26. The lowest BCUT2D eigenvalue weighted by Gasteiger charge is -2.45. The van der Waals surface area contributed by atoms with Crippen LogP contribution in [-0.4, -0.2) is 256 Å². The van der Waals surface area contributed by atoms with E-state index in [1.807, 2.05) is 0 Å². The monoisotopic (exact) mass is 1330 g/mol. The van der Waals surface area contributed by atoms with Gasteiger partial charge in [0.05, 0.1) is 32.0 Å². The first-order valence-electron chi connectivity index (χ1n) is 28.6. The molecule has 4 aliphatic rings. The van der Waals surface area contributed by atoms with Crippen molar-refractivity contribution in [2.75, 3.05) is 33.5 Å². The molecule has 0 aliphatic carbocycles. The molecule has 5 heterocycles. The summed E-state index contributed by atoms with van der Waals surface area (Å²) in [6.45, 7) is -1.54. The summed E-state index contributed by atoms with van der Waals surface area (Å²) in [4.78, 5) is 50.0. The standard InChI is InChI=1S/C61H66O33/c1-24-13-26(14-36(82-2)45(24)72)6-12-43(70)93-56-46(73)33(66)21-85-60(56)94-57-52(79)49(76)40(22-83-42(69)11-5-25-3-8-29(9-4-25)86-58-53(80)50(77)47(74)38(20-62)90-58)92-61(57)89-37-18-30-34(87-55(37)27-7-10-31(64)32(65)15-27)16-28(63)17-35(30)88-59-54(81)51(78)48(75)39(91-59)23-84-44(71)19-41(67)68/h3-18,33,38-40,46-54,56-62,66,73-81H,19-23H2,1-2H3,(H4-,63,64,65,67,68,70,72)/p+1/b11-5+. The summed E-state index contributed by atoms with van der Waals surface area (Å²) < 4.78 is 74.7. The van der Waals surface area contributed by atoms with E-state index in [0.717, 1.165) is 42.5 Å². The minimum Gasteiger partial charge on any atom is -0.507 e. The molecule has 33 heteroatoms. The second-order valence-corrected chi connectivity index (χ2v) is 21.9. The summed E-state index contributed by atoms with van der Waals surface area (Å²) in [5, 5.41) is 170. The summed E-state index contributed by atoms with van der Waals surface area (Å²) >= 11 is 0. The van der Waals surface area contributed by atoms with Crippen LogP contribution in [0.1, 0.15) is 23.1 Å². The molecule has 0 amide bonds. The molecule has 0 bridgehead atoms. The predicted octanol–water partition coefficient (Wildman–Crippen LogP) is -1.93. The minimum absolute atomic E-state index is 0.0699. The van der Waals surface area contributed by atoms with E-state index >= 15 is 0 Å². The van der Waals surface area contributed by atoms with Crippen molar-refractivity contribution in [2.24, 2.45) is 0 Å². The number of aryl methyl sites for hydroxylation is 1. The van der Waals surface area contributed by atoms with Crippen LogP contribution >= 0.6 is 0 Å². The van der Waals surface area contributed by atoms with Crippen LogP contribution in [-0.2, 0) is 57.1 Å². The number of methoxy groups -OCH3 is 1. The van der Waals surface area contributed by atoms with Gasteiger partial charge in [-0.15, -0.1) is 0 Å². The summed E-state index contributed by atoms with van der Waals surface area (Å²) in [5.41, 5.74) is 0.701. The highest BCUT2D eigenvalue weighted by Crippen LogP contribution is 2.44. The highest BCUT2D eigenvalue weighted by atomic mass is 16.8. The molecule has 16 N–H and O–H groups in total.